The van der Waals surface area contributed by atoms with Gasteiger partial charge in [0.2, 0.25) is 0 Å². The van der Waals surface area contributed by atoms with Crippen LogP contribution in [0.1, 0.15) is 24.2 Å². The van der Waals surface area contributed by atoms with Crippen molar-refractivity contribution in [1.29, 1.82) is 0 Å². The van der Waals surface area contributed by atoms with Crippen molar-refractivity contribution in [3.8, 4) is 0 Å². The van der Waals surface area contributed by atoms with Crippen molar-refractivity contribution in [2.75, 3.05) is 0 Å². The molecule has 29 heavy (non-hydrogen) atoms. The lowest BCUT2D eigenvalue weighted by atomic mass is 9.99. The lowest BCUT2D eigenvalue weighted by molar-refractivity contribution is 0.508. The largest absolute Gasteiger partial charge is 0.238 e. The third-order valence-electron chi connectivity index (χ3n) is 4.85. The number of hydrogen-bond acceptors (Lipinski definition) is 4. The predicted molar refractivity (Wildman–Crippen MR) is 117 cm³/mol. The van der Waals surface area contributed by atoms with Crippen LogP contribution in [0.4, 0.5) is 5.82 Å². The molecular formula is C20H16Cl3N3O2S. The number of benzene rings is 2. The van der Waals surface area contributed by atoms with E-state index < -0.39 is 21.1 Å². The van der Waals surface area contributed by atoms with E-state index in [1.807, 2.05) is 13.0 Å². The molecule has 2 unspecified atom stereocenters. The molecule has 5 nitrogen and oxygen atoms in total. The molecule has 150 valence electrons. The monoisotopic (exact) mass is 467 g/mol. The van der Waals surface area contributed by atoms with E-state index in [2.05, 4.69) is 10.1 Å². The highest BCUT2D eigenvalue weighted by Gasteiger charge is 2.43. The van der Waals surface area contributed by atoms with Gasteiger partial charge in [0.1, 0.15) is 11.3 Å². The van der Waals surface area contributed by atoms with Crippen LogP contribution in [0.5, 0.6) is 0 Å². The molecule has 2 aromatic carbocycles. The fourth-order valence-electron chi connectivity index (χ4n) is 3.57. The van der Waals surface area contributed by atoms with Crippen molar-refractivity contribution >= 4 is 56.2 Å². The molecule has 0 fully saturated rings. The van der Waals surface area contributed by atoms with Gasteiger partial charge in [0, 0.05) is 16.8 Å². The van der Waals surface area contributed by atoms with Crippen LogP contribution >= 0.6 is 34.8 Å². The SMILES string of the molecule is CC1=Nc2cc(C)nn2C(c2ccc(Cl)c(Cl)c2)C1S(=O)(=O)c1ccc(Cl)cc1. The third-order valence-corrected chi connectivity index (χ3v) is 8.04. The van der Waals surface area contributed by atoms with Crippen LogP contribution in [0, 0.1) is 6.92 Å². The van der Waals surface area contributed by atoms with Gasteiger partial charge in [-0.2, -0.15) is 5.10 Å². The molecule has 2 atom stereocenters. The Labute approximate surface area is 183 Å². The highest BCUT2D eigenvalue weighted by atomic mass is 35.5. The van der Waals surface area contributed by atoms with Crippen LogP contribution < -0.4 is 0 Å². The van der Waals surface area contributed by atoms with Gasteiger partial charge in [-0.25, -0.2) is 18.1 Å². The third kappa shape index (κ3) is 3.59. The molecule has 0 saturated heterocycles. The first kappa shape index (κ1) is 20.4. The molecular weight excluding hydrogens is 453 g/mol. The number of aromatic nitrogens is 2. The van der Waals surface area contributed by atoms with Crippen molar-refractivity contribution < 1.29 is 8.42 Å². The normalized spacial score (nSPS) is 19.0. The van der Waals surface area contributed by atoms with Gasteiger partial charge in [-0.15, -0.1) is 0 Å². The van der Waals surface area contributed by atoms with E-state index >= 15 is 0 Å². The number of hydrogen-bond donors (Lipinski definition) is 0. The van der Waals surface area contributed by atoms with Crippen LogP contribution in [0.15, 0.2) is 58.4 Å². The van der Waals surface area contributed by atoms with E-state index in [-0.39, 0.29) is 4.90 Å². The second-order valence-electron chi connectivity index (χ2n) is 6.88. The van der Waals surface area contributed by atoms with E-state index in [1.54, 1.807) is 41.9 Å². The van der Waals surface area contributed by atoms with Crippen LogP contribution in [-0.2, 0) is 9.84 Å². The van der Waals surface area contributed by atoms with Gasteiger partial charge >= 0.3 is 0 Å². The minimum Gasteiger partial charge on any atom is -0.238 e. The van der Waals surface area contributed by atoms with Gasteiger partial charge in [-0.3, -0.25) is 0 Å². The van der Waals surface area contributed by atoms with E-state index in [0.29, 0.717) is 32.2 Å². The Morgan fingerprint density at radius 2 is 1.62 bits per heavy atom. The second-order valence-corrected chi connectivity index (χ2v) is 10.2. The summed E-state index contributed by atoms with van der Waals surface area (Å²) in [6.45, 7) is 3.55. The van der Waals surface area contributed by atoms with Crippen molar-refractivity contribution in [2.45, 2.75) is 30.0 Å². The summed E-state index contributed by atoms with van der Waals surface area (Å²) in [7, 11) is -3.81. The lowest BCUT2D eigenvalue weighted by Crippen LogP contribution is -2.41. The topological polar surface area (TPSA) is 64.3 Å². The molecule has 4 rings (SSSR count). The molecule has 0 bridgehead atoms. The minimum absolute atomic E-state index is 0.166. The summed E-state index contributed by atoms with van der Waals surface area (Å²) >= 11 is 18.3. The zero-order valence-corrected chi connectivity index (χ0v) is 18.6. The van der Waals surface area contributed by atoms with Gasteiger partial charge in [-0.1, -0.05) is 40.9 Å². The zero-order chi connectivity index (χ0) is 20.9. The summed E-state index contributed by atoms with van der Waals surface area (Å²) in [5.74, 6) is 0.596. The smallest absolute Gasteiger partial charge is 0.189 e. The van der Waals surface area contributed by atoms with Crippen molar-refractivity contribution in [3.63, 3.8) is 0 Å². The predicted octanol–water partition coefficient (Wildman–Crippen LogP) is 5.69. The number of rotatable bonds is 3. The molecule has 0 amide bonds. The van der Waals surface area contributed by atoms with Crippen molar-refractivity contribution in [3.05, 3.63) is 74.9 Å². The molecule has 9 heteroatoms. The summed E-state index contributed by atoms with van der Waals surface area (Å²) in [5.41, 5.74) is 1.90. The zero-order valence-electron chi connectivity index (χ0n) is 15.5. The maximum atomic E-state index is 13.6. The summed E-state index contributed by atoms with van der Waals surface area (Å²) in [6.07, 6.45) is 0. The lowest BCUT2D eigenvalue weighted by Gasteiger charge is -2.32. The van der Waals surface area contributed by atoms with Gasteiger partial charge in [-0.05, 0) is 55.8 Å². The molecule has 2 heterocycles. The number of fused-ring (bicyclic) bond motifs is 1. The van der Waals surface area contributed by atoms with Gasteiger partial charge in [0.05, 0.1) is 20.6 Å². The van der Waals surface area contributed by atoms with E-state index in [1.165, 1.54) is 12.1 Å². The Balaban J connectivity index is 1.95. The average molecular weight is 469 g/mol. The molecule has 0 N–H and O–H groups in total. The average Bonchev–Trinajstić information content (AvgIpc) is 3.02. The molecule has 1 aromatic heterocycles. The quantitative estimate of drug-likeness (QED) is 0.496. The minimum atomic E-state index is -3.81. The number of halogens is 3. The fourth-order valence-corrected chi connectivity index (χ4v) is 5.92. The first-order valence-corrected chi connectivity index (χ1v) is 11.4. The number of aryl methyl sites for hydroxylation is 1. The van der Waals surface area contributed by atoms with Crippen LogP contribution in [-0.4, -0.2) is 29.2 Å². The molecule has 1 aliphatic heterocycles. The van der Waals surface area contributed by atoms with E-state index in [4.69, 9.17) is 34.8 Å². The molecule has 0 aliphatic carbocycles. The summed E-state index contributed by atoms with van der Waals surface area (Å²) in [4.78, 5) is 4.69. The van der Waals surface area contributed by atoms with Crippen LogP contribution in [0.3, 0.4) is 0 Å². The first-order valence-electron chi connectivity index (χ1n) is 8.74. The molecule has 0 saturated carbocycles. The standard InChI is InChI=1S/C20H16Cl3N3O2S/c1-11-9-18-24-12(2)20(29(27,28)15-6-4-14(21)5-7-15)19(26(18)25-11)13-3-8-16(22)17(23)10-13/h3-10,19-20H,1-2H3. The Bertz CT molecular complexity index is 1230. The first-order chi connectivity index (χ1) is 13.7. The fraction of sp³-hybridized carbons (Fsp3) is 0.200. The van der Waals surface area contributed by atoms with Crippen molar-refractivity contribution in [2.24, 2.45) is 4.99 Å². The van der Waals surface area contributed by atoms with Crippen LogP contribution in [0.25, 0.3) is 0 Å². The Kier molecular flexibility index (Phi) is 5.23. The Morgan fingerprint density at radius 3 is 2.28 bits per heavy atom. The van der Waals surface area contributed by atoms with Gasteiger partial charge in [0.15, 0.2) is 15.7 Å². The molecule has 0 spiro atoms. The summed E-state index contributed by atoms with van der Waals surface area (Å²) in [6, 6.07) is 12.4. The number of aliphatic imine (C=N–C) groups is 1. The second kappa shape index (κ2) is 7.43. The molecule has 1 aliphatic rings. The van der Waals surface area contributed by atoms with E-state index in [0.717, 1.165) is 5.69 Å². The highest BCUT2D eigenvalue weighted by molar-refractivity contribution is 7.92. The molecule has 3 aromatic rings. The summed E-state index contributed by atoms with van der Waals surface area (Å²) in [5, 5.41) is 4.75. The van der Waals surface area contributed by atoms with Gasteiger partial charge < -0.3 is 0 Å². The van der Waals surface area contributed by atoms with E-state index in [9.17, 15) is 8.42 Å². The van der Waals surface area contributed by atoms with Crippen LogP contribution in [0.2, 0.25) is 15.1 Å². The maximum Gasteiger partial charge on any atom is 0.189 e. The Morgan fingerprint density at radius 1 is 0.931 bits per heavy atom. The summed E-state index contributed by atoms with van der Waals surface area (Å²) < 4.78 is 28.9. The number of nitrogens with zero attached hydrogens (tertiary/aromatic N) is 3. The molecule has 0 radical (unpaired) electrons. The Hall–Kier alpha value is -1.86. The van der Waals surface area contributed by atoms with Crippen molar-refractivity contribution in [1.82, 2.24) is 9.78 Å². The number of sulfone groups is 1. The highest BCUT2D eigenvalue weighted by Crippen LogP contribution is 2.39. The van der Waals surface area contributed by atoms with Gasteiger partial charge in [0.25, 0.3) is 0 Å². The maximum absolute atomic E-state index is 13.6.